The molecule has 5 rings (SSSR count). The molecule has 208 valence electrons. The van der Waals surface area contributed by atoms with Gasteiger partial charge >= 0.3 is 0 Å². The number of carbonyl (C=O) groups is 1. The molecule has 0 spiro atoms. The Bertz CT molecular complexity index is 1310. The van der Waals surface area contributed by atoms with Crippen molar-refractivity contribution in [1.29, 1.82) is 0 Å². The van der Waals surface area contributed by atoms with E-state index < -0.39 is 5.82 Å². The number of aryl methyl sites for hydroxylation is 2. The SMILES string of the molecule is CCCc1nnc(-c2cnc(N3CCN(C4CCN(C(=O)c5ccc(Cl)cc5F)CC4)[C@@H](CC)C3)c(C)n2)o1. The van der Waals surface area contributed by atoms with E-state index in [0.29, 0.717) is 42.6 Å². The summed E-state index contributed by atoms with van der Waals surface area (Å²) in [7, 11) is 0. The van der Waals surface area contributed by atoms with Crippen LogP contribution in [0.25, 0.3) is 11.6 Å². The molecule has 1 atom stereocenters. The fourth-order valence-electron chi connectivity index (χ4n) is 5.70. The average Bonchev–Trinajstić information content (AvgIpc) is 3.41. The van der Waals surface area contributed by atoms with Gasteiger partial charge in [-0.15, -0.1) is 10.2 Å². The van der Waals surface area contributed by atoms with Crippen LogP contribution in [0.3, 0.4) is 0 Å². The first-order valence-electron chi connectivity index (χ1n) is 13.8. The number of piperidine rings is 1. The van der Waals surface area contributed by atoms with E-state index in [1.165, 1.54) is 12.1 Å². The van der Waals surface area contributed by atoms with E-state index in [9.17, 15) is 9.18 Å². The Hall–Kier alpha value is -3.11. The molecule has 0 saturated carbocycles. The van der Waals surface area contributed by atoms with Crippen molar-refractivity contribution in [3.63, 3.8) is 0 Å². The Kier molecular flexibility index (Phi) is 8.42. The molecule has 0 bridgehead atoms. The van der Waals surface area contributed by atoms with Crippen molar-refractivity contribution in [3.05, 3.63) is 52.4 Å². The Morgan fingerprint density at radius 3 is 2.64 bits per heavy atom. The van der Waals surface area contributed by atoms with Crippen LogP contribution in [0.15, 0.2) is 28.8 Å². The largest absolute Gasteiger partial charge is 0.419 e. The molecule has 3 aromatic rings. The number of nitrogens with zero attached hydrogens (tertiary/aromatic N) is 7. The number of carbonyl (C=O) groups excluding carboxylic acids is 1. The van der Waals surface area contributed by atoms with Crippen molar-refractivity contribution < 1.29 is 13.6 Å². The predicted molar refractivity (Wildman–Crippen MR) is 147 cm³/mol. The molecule has 2 aliphatic heterocycles. The number of benzene rings is 1. The second-order valence-corrected chi connectivity index (χ2v) is 10.7. The number of piperazine rings is 1. The van der Waals surface area contributed by atoms with Gasteiger partial charge in [-0.2, -0.15) is 0 Å². The summed E-state index contributed by atoms with van der Waals surface area (Å²) in [6, 6.07) is 4.99. The number of hydrogen-bond acceptors (Lipinski definition) is 8. The van der Waals surface area contributed by atoms with E-state index in [0.717, 1.165) is 63.3 Å². The highest BCUT2D eigenvalue weighted by molar-refractivity contribution is 6.30. The van der Waals surface area contributed by atoms with E-state index in [1.54, 1.807) is 17.2 Å². The van der Waals surface area contributed by atoms with E-state index in [1.807, 2.05) is 6.92 Å². The second-order valence-electron chi connectivity index (χ2n) is 10.3. The van der Waals surface area contributed by atoms with Gasteiger partial charge < -0.3 is 14.2 Å². The van der Waals surface area contributed by atoms with Crippen molar-refractivity contribution >= 4 is 23.3 Å². The maximum Gasteiger partial charge on any atom is 0.267 e. The zero-order chi connectivity index (χ0) is 27.5. The third kappa shape index (κ3) is 5.91. The summed E-state index contributed by atoms with van der Waals surface area (Å²) < 4.78 is 20.0. The Labute approximate surface area is 233 Å². The fraction of sp³-hybridized carbons (Fsp3) is 0.536. The van der Waals surface area contributed by atoms with Crippen LogP contribution in [0.2, 0.25) is 5.02 Å². The summed E-state index contributed by atoms with van der Waals surface area (Å²) in [5.74, 6) is 1.07. The van der Waals surface area contributed by atoms with Crippen molar-refractivity contribution in [3.8, 4) is 11.6 Å². The molecule has 2 saturated heterocycles. The molecule has 0 radical (unpaired) electrons. The number of anilines is 1. The lowest BCUT2D eigenvalue weighted by molar-refractivity contribution is 0.0487. The number of rotatable bonds is 7. The summed E-state index contributed by atoms with van der Waals surface area (Å²) in [5.41, 5.74) is 1.52. The van der Waals surface area contributed by atoms with Gasteiger partial charge in [0.2, 0.25) is 5.89 Å². The molecule has 2 fully saturated rings. The topological polar surface area (TPSA) is 91.5 Å². The maximum absolute atomic E-state index is 14.3. The molecule has 2 aliphatic rings. The molecule has 0 unspecified atom stereocenters. The van der Waals surface area contributed by atoms with Gasteiger partial charge in [0.15, 0.2) is 0 Å². The normalized spacial score (nSPS) is 19.1. The van der Waals surface area contributed by atoms with E-state index in [-0.39, 0.29) is 16.5 Å². The summed E-state index contributed by atoms with van der Waals surface area (Å²) >= 11 is 5.85. The number of halogens is 2. The lowest BCUT2D eigenvalue weighted by atomic mass is 9.97. The lowest BCUT2D eigenvalue weighted by Crippen LogP contribution is -2.59. The van der Waals surface area contributed by atoms with Crippen LogP contribution in [0.5, 0.6) is 0 Å². The second kappa shape index (κ2) is 12.0. The molecule has 1 amide bonds. The summed E-state index contributed by atoms with van der Waals surface area (Å²) in [6.07, 6.45) is 6.16. The summed E-state index contributed by atoms with van der Waals surface area (Å²) in [6.45, 7) is 10.1. The molecule has 1 aromatic carbocycles. The minimum absolute atomic E-state index is 0.0842. The fourth-order valence-corrected chi connectivity index (χ4v) is 5.86. The van der Waals surface area contributed by atoms with Crippen LogP contribution in [-0.4, -0.2) is 80.7 Å². The van der Waals surface area contributed by atoms with Crippen LogP contribution in [0.4, 0.5) is 10.2 Å². The Balaban J connectivity index is 1.20. The Morgan fingerprint density at radius 1 is 1.15 bits per heavy atom. The maximum atomic E-state index is 14.3. The van der Waals surface area contributed by atoms with Gasteiger partial charge in [-0.1, -0.05) is 25.4 Å². The van der Waals surface area contributed by atoms with Crippen molar-refractivity contribution in [2.75, 3.05) is 37.6 Å². The van der Waals surface area contributed by atoms with E-state index in [2.05, 4.69) is 33.8 Å². The molecule has 0 N–H and O–H groups in total. The summed E-state index contributed by atoms with van der Waals surface area (Å²) in [5, 5.41) is 8.51. The highest BCUT2D eigenvalue weighted by Gasteiger charge is 2.35. The van der Waals surface area contributed by atoms with Gasteiger partial charge in [-0.25, -0.2) is 14.4 Å². The minimum Gasteiger partial charge on any atom is -0.419 e. The monoisotopic (exact) mass is 555 g/mol. The van der Waals surface area contributed by atoms with Crippen molar-refractivity contribution in [2.24, 2.45) is 0 Å². The van der Waals surface area contributed by atoms with Crippen molar-refractivity contribution in [2.45, 2.75) is 65.0 Å². The third-order valence-electron chi connectivity index (χ3n) is 7.75. The number of amides is 1. The van der Waals surface area contributed by atoms with Gasteiger partial charge in [-0.3, -0.25) is 9.69 Å². The van der Waals surface area contributed by atoms with Crippen LogP contribution < -0.4 is 4.90 Å². The average molecular weight is 556 g/mol. The lowest BCUT2D eigenvalue weighted by Gasteiger charge is -2.47. The molecule has 11 heteroatoms. The predicted octanol–water partition coefficient (Wildman–Crippen LogP) is 4.79. The van der Waals surface area contributed by atoms with Crippen LogP contribution in [-0.2, 0) is 6.42 Å². The third-order valence-corrected chi connectivity index (χ3v) is 7.99. The number of hydrogen-bond donors (Lipinski definition) is 0. The molecular formula is C28H35ClFN7O2. The van der Waals surface area contributed by atoms with E-state index >= 15 is 0 Å². The van der Waals surface area contributed by atoms with Crippen LogP contribution in [0.1, 0.15) is 61.5 Å². The highest BCUT2D eigenvalue weighted by Crippen LogP contribution is 2.28. The first-order chi connectivity index (χ1) is 18.9. The van der Waals surface area contributed by atoms with Gasteiger partial charge in [0, 0.05) is 56.3 Å². The smallest absolute Gasteiger partial charge is 0.267 e. The standard InChI is InChI=1S/C28H35ClFN7O2/c1-4-6-25-33-34-27(39-25)24-16-31-26(18(3)32-24)36-13-14-37(20(5-2)17-36)21-9-11-35(12-10-21)28(38)22-8-7-19(29)15-23(22)30/h7-8,15-16,20-21H,4-6,9-14,17H2,1-3H3/t20-/m0/s1. The highest BCUT2D eigenvalue weighted by atomic mass is 35.5. The Morgan fingerprint density at radius 2 is 1.95 bits per heavy atom. The van der Waals surface area contributed by atoms with Gasteiger partial charge in [-0.05, 0) is 50.8 Å². The first-order valence-corrected chi connectivity index (χ1v) is 14.2. The van der Waals surface area contributed by atoms with Gasteiger partial charge in [0.1, 0.15) is 17.3 Å². The van der Waals surface area contributed by atoms with Gasteiger partial charge in [0.05, 0.1) is 17.5 Å². The molecular weight excluding hydrogens is 521 g/mol. The number of aromatic nitrogens is 4. The molecule has 2 aromatic heterocycles. The van der Waals surface area contributed by atoms with Gasteiger partial charge in [0.25, 0.3) is 11.8 Å². The molecule has 9 nitrogen and oxygen atoms in total. The molecule has 0 aliphatic carbocycles. The van der Waals surface area contributed by atoms with E-state index in [4.69, 9.17) is 26.0 Å². The zero-order valence-corrected chi connectivity index (χ0v) is 23.5. The van der Waals surface area contributed by atoms with Crippen LogP contribution in [0, 0.1) is 12.7 Å². The number of likely N-dealkylation sites (tertiary alicyclic amines) is 1. The zero-order valence-electron chi connectivity index (χ0n) is 22.7. The van der Waals surface area contributed by atoms with Crippen LogP contribution >= 0.6 is 11.6 Å². The minimum atomic E-state index is -0.568. The quantitative estimate of drug-likeness (QED) is 0.411. The van der Waals surface area contributed by atoms with Crippen molar-refractivity contribution in [1.82, 2.24) is 30.0 Å². The molecule has 4 heterocycles. The first kappa shape index (κ1) is 27.5. The summed E-state index contributed by atoms with van der Waals surface area (Å²) in [4.78, 5) is 29.0. The molecule has 39 heavy (non-hydrogen) atoms.